The molecule has 0 fully saturated rings. The Morgan fingerprint density at radius 2 is 0.712 bits per heavy atom. The number of alkyl halides is 6. The summed E-state index contributed by atoms with van der Waals surface area (Å²) in [7, 11) is 0. The molecule has 0 aromatic heterocycles. The van der Waals surface area contributed by atoms with Gasteiger partial charge in [0.15, 0.2) is 0 Å². The summed E-state index contributed by atoms with van der Waals surface area (Å²) in [6.07, 6.45) is -9.19. The summed E-state index contributed by atoms with van der Waals surface area (Å²) >= 11 is 0. The van der Waals surface area contributed by atoms with E-state index in [2.05, 4.69) is 53.7 Å². The van der Waals surface area contributed by atoms with Gasteiger partial charge in [0.2, 0.25) is 13.4 Å². The van der Waals surface area contributed by atoms with Crippen molar-refractivity contribution < 1.29 is 26.3 Å². The van der Waals surface area contributed by atoms with Gasteiger partial charge >= 0.3 is 12.4 Å². The number of aryl methyl sites for hydroxylation is 1. The van der Waals surface area contributed by atoms with Gasteiger partial charge < -0.3 is 4.90 Å². The minimum atomic E-state index is -4.59. The van der Waals surface area contributed by atoms with E-state index >= 15 is 0 Å². The van der Waals surface area contributed by atoms with Crippen molar-refractivity contribution >= 4 is 63.3 Å². The van der Waals surface area contributed by atoms with E-state index in [1.165, 1.54) is 24.3 Å². The Kier molecular flexibility index (Phi) is 8.17. The van der Waals surface area contributed by atoms with E-state index in [9.17, 15) is 26.3 Å². The fraction of sp³-hybridized carbons (Fsp3) is 0.302. The van der Waals surface area contributed by atoms with Gasteiger partial charge in [0.1, 0.15) is 0 Å². The van der Waals surface area contributed by atoms with Crippen LogP contribution < -0.4 is 37.7 Å². The van der Waals surface area contributed by atoms with Crippen molar-refractivity contribution in [2.24, 2.45) is 0 Å². The first-order valence-electron chi connectivity index (χ1n) is 17.7. The zero-order valence-electron chi connectivity index (χ0n) is 31.5. The predicted molar refractivity (Wildman–Crippen MR) is 205 cm³/mol. The van der Waals surface area contributed by atoms with E-state index in [1.807, 2.05) is 39.5 Å². The number of halogens is 6. The molecule has 266 valence electrons. The predicted octanol–water partition coefficient (Wildman–Crippen LogP) is 8.25. The normalized spacial score (nSPS) is 13.8. The fourth-order valence-electron chi connectivity index (χ4n) is 9.12. The molecule has 7 rings (SSSR count). The van der Waals surface area contributed by atoms with Gasteiger partial charge in [0, 0.05) is 17.1 Å². The Balaban J connectivity index is 1.69. The molecule has 0 unspecified atom stereocenters. The Labute approximate surface area is 303 Å². The van der Waals surface area contributed by atoms with Crippen molar-refractivity contribution in [3.63, 3.8) is 0 Å². The number of hydrogen-bond donors (Lipinski definition) is 0. The van der Waals surface area contributed by atoms with Gasteiger partial charge in [-0.15, -0.1) is 0 Å². The third kappa shape index (κ3) is 5.08. The number of nitrogens with zero attached hydrogens (tertiary/aromatic N) is 1. The van der Waals surface area contributed by atoms with Crippen LogP contribution in [-0.4, -0.2) is 13.4 Å². The van der Waals surface area contributed by atoms with Crippen LogP contribution in [0.4, 0.5) is 43.4 Å². The molecule has 2 heterocycles. The molecule has 1 nitrogen and oxygen atoms in total. The molecule has 5 aromatic rings. The van der Waals surface area contributed by atoms with Crippen molar-refractivity contribution in [3.8, 4) is 0 Å². The number of benzene rings is 5. The minimum absolute atomic E-state index is 0.478. The van der Waals surface area contributed by atoms with Crippen LogP contribution in [0, 0.1) is 76.2 Å². The SMILES string of the molecule is Cc1cc2c3c(c1)B(c1c(C)c(C)c(C)c(C)c1C)c1cc(C(F)(F)F)ccc1N3c1ccc(C(F)(F)F)cc1B2c1c(C)c(C)c(C)c(C)c1C. The molecule has 0 saturated carbocycles. The molecular formula is C43H41B2F6N. The summed E-state index contributed by atoms with van der Waals surface area (Å²) in [5.41, 5.74) is 16.6. The van der Waals surface area contributed by atoms with Gasteiger partial charge in [0.05, 0.1) is 11.1 Å². The van der Waals surface area contributed by atoms with Crippen molar-refractivity contribution in [1.29, 1.82) is 0 Å². The molecule has 0 aliphatic carbocycles. The van der Waals surface area contributed by atoms with Gasteiger partial charge in [-0.25, -0.2) is 0 Å². The van der Waals surface area contributed by atoms with Gasteiger partial charge in [-0.2, -0.15) is 26.3 Å². The van der Waals surface area contributed by atoms with E-state index in [0.717, 1.165) is 101 Å². The van der Waals surface area contributed by atoms with Crippen LogP contribution in [0.5, 0.6) is 0 Å². The van der Waals surface area contributed by atoms with Crippen LogP contribution in [-0.2, 0) is 12.4 Å². The molecule has 0 bridgehead atoms. The number of hydrogen-bond acceptors (Lipinski definition) is 1. The summed E-state index contributed by atoms with van der Waals surface area (Å²) in [5, 5.41) is 0. The molecule has 52 heavy (non-hydrogen) atoms. The summed E-state index contributed by atoms with van der Waals surface area (Å²) in [6, 6.07) is 11.9. The second-order valence-electron chi connectivity index (χ2n) is 15.1. The maximum atomic E-state index is 14.5. The second-order valence-corrected chi connectivity index (χ2v) is 15.1. The fourth-order valence-corrected chi connectivity index (χ4v) is 9.12. The molecule has 0 N–H and O–H groups in total. The molecule has 5 aromatic carbocycles. The highest BCUT2D eigenvalue weighted by Gasteiger charge is 2.47. The van der Waals surface area contributed by atoms with Crippen LogP contribution in [0.3, 0.4) is 0 Å². The van der Waals surface area contributed by atoms with E-state index in [0.29, 0.717) is 22.3 Å². The highest BCUT2D eigenvalue weighted by atomic mass is 19.4. The lowest BCUT2D eigenvalue weighted by Gasteiger charge is -2.45. The first-order valence-corrected chi connectivity index (χ1v) is 17.7. The summed E-state index contributed by atoms with van der Waals surface area (Å²) in [6.45, 7) is 21.5. The van der Waals surface area contributed by atoms with Crippen LogP contribution in [0.15, 0.2) is 48.5 Å². The molecule has 0 amide bonds. The minimum Gasteiger partial charge on any atom is -0.313 e. The Morgan fingerprint density at radius 3 is 1.02 bits per heavy atom. The van der Waals surface area contributed by atoms with Crippen molar-refractivity contribution in [1.82, 2.24) is 0 Å². The molecule has 9 heteroatoms. The van der Waals surface area contributed by atoms with Crippen LogP contribution in [0.2, 0.25) is 0 Å². The number of rotatable bonds is 2. The third-order valence-corrected chi connectivity index (χ3v) is 12.7. The zero-order chi connectivity index (χ0) is 38.1. The first-order chi connectivity index (χ1) is 24.2. The summed E-state index contributed by atoms with van der Waals surface area (Å²) < 4.78 is 87.1. The first kappa shape index (κ1) is 36.0. The Hall–Kier alpha value is -4.39. The molecule has 0 radical (unpaired) electrons. The molecule has 0 saturated heterocycles. The van der Waals surface area contributed by atoms with Crippen LogP contribution in [0.25, 0.3) is 0 Å². The second kappa shape index (κ2) is 11.8. The smallest absolute Gasteiger partial charge is 0.313 e. The monoisotopic (exact) mass is 707 g/mol. The quantitative estimate of drug-likeness (QED) is 0.129. The van der Waals surface area contributed by atoms with Gasteiger partial charge in [-0.05, 0) is 156 Å². The number of fused-ring (bicyclic) bond motifs is 4. The van der Waals surface area contributed by atoms with Crippen LogP contribution >= 0.6 is 0 Å². The van der Waals surface area contributed by atoms with E-state index in [4.69, 9.17) is 0 Å². The third-order valence-electron chi connectivity index (χ3n) is 12.7. The lowest BCUT2D eigenvalue weighted by atomic mass is 9.29. The Morgan fingerprint density at radius 1 is 0.404 bits per heavy atom. The van der Waals surface area contributed by atoms with Crippen molar-refractivity contribution in [2.45, 2.75) is 88.5 Å². The van der Waals surface area contributed by atoms with Gasteiger partial charge in [-0.3, -0.25) is 0 Å². The largest absolute Gasteiger partial charge is 0.416 e. The molecule has 2 aliphatic rings. The van der Waals surface area contributed by atoms with E-state index in [1.54, 1.807) is 0 Å². The topological polar surface area (TPSA) is 3.24 Å². The summed E-state index contributed by atoms with van der Waals surface area (Å²) in [5.74, 6) is 0. The highest BCUT2D eigenvalue weighted by molar-refractivity contribution is 7.02. The van der Waals surface area contributed by atoms with E-state index < -0.39 is 36.9 Å². The standard InChI is InChI=1S/C43H41B2F6N/c1-20-16-35-41-36(17-20)45(40-29(10)25(6)22(3)26(7)30(40)11)34-19-32(43(49,50)51)13-15-38(34)52(41)37-14-12-31(42(46,47)48)18-33(37)44(35)39-27(8)23(4)21(2)24(5)28(39)9/h12-19H,1-11H3. The maximum Gasteiger partial charge on any atom is 0.416 e. The lowest BCUT2D eigenvalue weighted by molar-refractivity contribution is -0.138. The highest BCUT2D eigenvalue weighted by Crippen LogP contribution is 2.42. The average Bonchev–Trinajstić information content (AvgIpc) is 3.08. The van der Waals surface area contributed by atoms with Gasteiger partial charge in [-0.1, -0.05) is 63.0 Å². The zero-order valence-corrected chi connectivity index (χ0v) is 31.5. The average molecular weight is 707 g/mol. The number of anilines is 3. The van der Waals surface area contributed by atoms with Gasteiger partial charge in [0.25, 0.3) is 0 Å². The molecular weight excluding hydrogens is 666 g/mol. The van der Waals surface area contributed by atoms with Crippen LogP contribution in [0.1, 0.15) is 72.3 Å². The summed E-state index contributed by atoms with van der Waals surface area (Å²) in [4.78, 5) is 1.93. The van der Waals surface area contributed by atoms with Crippen molar-refractivity contribution in [2.75, 3.05) is 4.90 Å². The molecule has 2 aliphatic heterocycles. The van der Waals surface area contributed by atoms with Crippen molar-refractivity contribution in [3.05, 3.63) is 121 Å². The van der Waals surface area contributed by atoms with E-state index in [-0.39, 0.29) is 0 Å². The molecule has 0 atom stereocenters. The molecule has 0 spiro atoms. The lowest BCUT2D eigenvalue weighted by Crippen LogP contribution is -2.66. The maximum absolute atomic E-state index is 14.5. The Bertz CT molecular complexity index is 2150.